The molecule has 44 heavy (non-hydrogen) atoms. The summed E-state index contributed by atoms with van der Waals surface area (Å²) in [6.45, 7) is 7.73. The molecule has 12 heteroatoms. The molecule has 0 aliphatic carbocycles. The third-order valence-corrected chi connectivity index (χ3v) is 8.49. The fourth-order valence-electron chi connectivity index (χ4n) is 6.03. The van der Waals surface area contributed by atoms with Gasteiger partial charge in [0, 0.05) is 74.0 Å². The second-order valence-corrected chi connectivity index (χ2v) is 11.6. The Balaban J connectivity index is 0.997. The number of aryl methyl sites for hydroxylation is 1. The average Bonchev–Trinajstić information content (AvgIpc) is 3.68. The van der Waals surface area contributed by atoms with E-state index in [1.807, 2.05) is 36.4 Å². The van der Waals surface area contributed by atoms with Crippen LogP contribution in [0.4, 0.5) is 11.4 Å². The highest BCUT2D eigenvalue weighted by Crippen LogP contribution is 2.25. The van der Waals surface area contributed by atoms with Gasteiger partial charge in [-0.25, -0.2) is 9.97 Å². The molecule has 4 heterocycles. The predicted octanol–water partition coefficient (Wildman–Crippen LogP) is 2.69. The first-order valence-corrected chi connectivity index (χ1v) is 15.0. The van der Waals surface area contributed by atoms with Crippen LogP contribution >= 0.6 is 0 Å². The Morgan fingerprint density at radius 2 is 1.77 bits per heavy atom. The molecule has 2 atom stereocenters. The molecule has 2 aromatic heterocycles. The number of nitrogens with zero attached hydrogens (tertiary/aromatic N) is 6. The van der Waals surface area contributed by atoms with Crippen LogP contribution < -0.4 is 15.5 Å². The summed E-state index contributed by atoms with van der Waals surface area (Å²) in [7, 11) is 1.55. The quantitative estimate of drug-likeness (QED) is 0.296. The van der Waals surface area contributed by atoms with Gasteiger partial charge in [-0.05, 0) is 74.8 Å². The Kier molecular flexibility index (Phi) is 8.25. The van der Waals surface area contributed by atoms with E-state index < -0.39 is 0 Å². The van der Waals surface area contributed by atoms with Crippen LogP contribution in [0.25, 0.3) is 22.3 Å². The fraction of sp³-hybridized carbons (Fsp3) is 0.375. The lowest BCUT2D eigenvalue weighted by Crippen LogP contribution is -2.56. The van der Waals surface area contributed by atoms with E-state index in [4.69, 9.17) is 0 Å². The number of carbonyl (C=O) groups excluding carboxylic acids is 3. The van der Waals surface area contributed by atoms with E-state index >= 15 is 0 Å². The van der Waals surface area contributed by atoms with Crippen molar-refractivity contribution in [2.24, 2.45) is 5.92 Å². The molecule has 2 aromatic carbocycles. The monoisotopic (exact) mass is 595 g/mol. The first-order valence-electron chi connectivity index (χ1n) is 15.0. The normalized spacial score (nSPS) is 18.9. The van der Waals surface area contributed by atoms with Gasteiger partial charge in [-0.3, -0.25) is 24.4 Å². The Bertz CT molecular complexity index is 1670. The van der Waals surface area contributed by atoms with Crippen LogP contribution in [0.2, 0.25) is 0 Å². The van der Waals surface area contributed by atoms with Crippen LogP contribution in [0.15, 0.2) is 54.9 Å². The van der Waals surface area contributed by atoms with Gasteiger partial charge in [-0.2, -0.15) is 5.10 Å². The topological polar surface area (TPSA) is 139 Å². The number of likely N-dealkylation sites (tertiary alicyclic amines) is 1. The van der Waals surface area contributed by atoms with Crippen LogP contribution in [0.3, 0.4) is 0 Å². The van der Waals surface area contributed by atoms with Gasteiger partial charge >= 0.3 is 0 Å². The van der Waals surface area contributed by atoms with E-state index in [0.717, 1.165) is 29.9 Å². The fourth-order valence-corrected chi connectivity index (χ4v) is 6.03. The largest absolute Gasteiger partial charge is 0.368 e. The molecule has 0 radical (unpaired) electrons. The molecule has 228 valence electrons. The summed E-state index contributed by atoms with van der Waals surface area (Å²) in [5.74, 6) is 0.196. The summed E-state index contributed by atoms with van der Waals surface area (Å²) in [5.41, 5.74) is 4.72. The number of rotatable bonds is 7. The molecule has 2 fully saturated rings. The van der Waals surface area contributed by atoms with Gasteiger partial charge < -0.3 is 20.4 Å². The van der Waals surface area contributed by atoms with Crippen LogP contribution in [0.5, 0.6) is 0 Å². The molecular weight excluding hydrogens is 558 g/mol. The third-order valence-electron chi connectivity index (χ3n) is 8.49. The first-order chi connectivity index (χ1) is 21.3. The minimum Gasteiger partial charge on any atom is -0.368 e. The van der Waals surface area contributed by atoms with Crippen LogP contribution in [-0.2, 0) is 9.59 Å². The number of aromatic nitrogens is 4. The number of hydrogen-bond donors (Lipinski definition) is 3. The highest BCUT2D eigenvalue weighted by molar-refractivity contribution is 6.06. The Morgan fingerprint density at radius 3 is 2.50 bits per heavy atom. The molecule has 0 saturated carbocycles. The second kappa shape index (κ2) is 12.4. The molecule has 6 rings (SSSR count). The van der Waals surface area contributed by atoms with E-state index in [2.05, 4.69) is 59.7 Å². The minimum absolute atomic E-state index is 0.0653. The lowest BCUT2D eigenvalue weighted by molar-refractivity contribution is -0.134. The summed E-state index contributed by atoms with van der Waals surface area (Å²) >= 11 is 0. The van der Waals surface area contributed by atoms with E-state index in [-0.39, 0.29) is 35.4 Å². The van der Waals surface area contributed by atoms with Gasteiger partial charge in [0.25, 0.3) is 5.91 Å². The molecule has 3 amide bonds. The van der Waals surface area contributed by atoms with Gasteiger partial charge in [-0.15, -0.1) is 0 Å². The number of H-pyrrole nitrogens is 1. The summed E-state index contributed by atoms with van der Waals surface area (Å²) < 4.78 is 0. The zero-order valence-electron chi connectivity index (χ0n) is 25.2. The van der Waals surface area contributed by atoms with E-state index in [0.29, 0.717) is 55.0 Å². The van der Waals surface area contributed by atoms with E-state index in [9.17, 15) is 14.4 Å². The molecular formula is C32H37N9O3. The van der Waals surface area contributed by atoms with Crippen molar-refractivity contribution in [1.82, 2.24) is 35.3 Å². The minimum atomic E-state index is -0.297. The molecule has 2 saturated heterocycles. The lowest BCUT2D eigenvalue weighted by Gasteiger charge is -2.41. The van der Waals surface area contributed by atoms with Crippen molar-refractivity contribution in [2.45, 2.75) is 26.3 Å². The van der Waals surface area contributed by atoms with Gasteiger partial charge in [0.05, 0.1) is 18.0 Å². The molecule has 0 spiro atoms. The summed E-state index contributed by atoms with van der Waals surface area (Å²) in [5, 5.41) is 13.1. The summed E-state index contributed by atoms with van der Waals surface area (Å²) in [4.78, 5) is 53.7. The van der Waals surface area contributed by atoms with Crippen LogP contribution in [0.1, 0.15) is 29.4 Å². The number of fused-ring (bicyclic) bond motifs is 1. The standard InChI is InChI=1S/C32H37N9O3/c1-20-15-34-30(35-16-20)22-4-7-25(8-5-22)40-12-13-41(21(2)17-40)28(42)19-39-11-10-23(18-39)31(43)36-24-6-9-27-26(14-24)29(38-37-27)32(44)33-3/h4-9,14-16,21,23H,10-13,17-19H2,1-3H3,(H,33,44)(H,36,43)(H,37,38)/t21-,23+/m0/s1. The second-order valence-electron chi connectivity index (χ2n) is 11.6. The highest BCUT2D eigenvalue weighted by atomic mass is 16.2. The highest BCUT2D eigenvalue weighted by Gasteiger charge is 2.33. The van der Waals surface area contributed by atoms with Crippen molar-refractivity contribution in [1.29, 1.82) is 0 Å². The zero-order chi connectivity index (χ0) is 30.8. The summed E-state index contributed by atoms with van der Waals surface area (Å²) in [6, 6.07) is 13.7. The van der Waals surface area contributed by atoms with Crippen molar-refractivity contribution in [2.75, 3.05) is 56.5 Å². The predicted molar refractivity (Wildman–Crippen MR) is 168 cm³/mol. The molecule has 3 N–H and O–H groups in total. The Labute approximate surface area is 255 Å². The third kappa shape index (κ3) is 6.11. The number of benzene rings is 2. The van der Waals surface area contributed by atoms with Crippen molar-refractivity contribution in [3.05, 3.63) is 66.1 Å². The maximum absolute atomic E-state index is 13.3. The Hall–Kier alpha value is -4.84. The van der Waals surface area contributed by atoms with Gasteiger partial charge in [-0.1, -0.05) is 0 Å². The van der Waals surface area contributed by atoms with Crippen molar-refractivity contribution >= 4 is 40.0 Å². The SMILES string of the molecule is CNC(=O)c1n[nH]c2ccc(NC(=O)[C@@H]3CCN(CC(=O)N4CCN(c5ccc(-c6ncc(C)cn6)cc5)C[C@@H]4C)C3)cc12. The van der Waals surface area contributed by atoms with Crippen LogP contribution in [-0.4, -0.2) is 100 Å². The van der Waals surface area contributed by atoms with Gasteiger partial charge in [0.1, 0.15) is 0 Å². The molecule has 4 aromatic rings. The van der Waals surface area contributed by atoms with Gasteiger partial charge in [0.2, 0.25) is 11.8 Å². The van der Waals surface area contributed by atoms with Crippen molar-refractivity contribution in [3.63, 3.8) is 0 Å². The number of aromatic amines is 1. The van der Waals surface area contributed by atoms with Crippen molar-refractivity contribution in [3.8, 4) is 11.4 Å². The summed E-state index contributed by atoms with van der Waals surface area (Å²) in [6.07, 6.45) is 4.32. The van der Waals surface area contributed by atoms with Crippen molar-refractivity contribution < 1.29 is 14.4 Å². The average molecular weight is 596 g/mol. The number of carbonyl (C=O) groups is 3. The molecule has 12 nitrogen and oxygen atoms in total. The molecule has 0 bridgehead atoms. The Morgan fingerprint density at radius 1 is 1.00 bits per heavy atom. The number of hydrogen-bond acceptors (Lipinski definition) is 8. The number of nitrogens with one attached hydrogen (secondary N) is 3. The smallest absolute Gasteiger partial charge is 0.272 e. The molecule has 2 aliphatic heterocycles. The number of amides is 3. The molecule has 2 aliphatic rings. The zero-order valence-corrected chi connectivity index (χ0v) is 25.2. The van der Waals surface area contributed by atoms with E-state index in [1.165, 1.54) is 0 Å². The maximum atomic E-state index is 13.3. The maximum Gasteiger partial charge on any atom is 0.272 e. The van der Waals surface area contributed by atoms with Crippen LogP contribution in [0, 0.1) is 12.8 Å². The lowest BCUT2D eigenvalue weighted by atomic mass is 10.1. The van der Waals surface area contributed by atoms with E-state index in [1.54, 1.807) is 25.2 Å². The molecule has 0 unspecified atom stereocenters. The first kappa shape index (κ1) is 29.2. The number of anilines is 2. The number of piperazine rings is 1. The van der Waals surface area contributed by atoms with Gasteiger partial charge in [0.15, 0.2) is 11.5 Å².